The molecule has 2 heteroatoms. The average molecular weight is 149 g/mol. The summed E-state index contributed by atoms with van der Waals surface area (Å²) in [5.41, 5.74) is 0. The van der Waals surface area contributed by atoms with E-state index in [4.69, 9.17) is 0 Å². The second-order valence-electron chi connectivity index (χ2n) is 2.50. The molecule has 1 unspecified atom stereocenters. The van der Waals surface area contributed by atoms with Crippen molar-refractivity contribution in [3.05, 3.63) is 0 Å². The second-order valence-corrected chi connectivity index (χ2v) is 3.58. The van der Waals surface area contributed by atoms with Gasteiger partial charge in [0.1, 0.15) is 6.54 Å². The molecule has 0 amide bonds. The molecule has 0 heterocycles. The van der Waals surface area contributed by atoms with Gasteiger partial charge in [-0.3, -0.25) is 0 Å². The van der Waals surface area contributed by atoms with Crippen LogP contribution in [0.25, 0.3) is 0 Å². The van der Waals surface area contributed by atoms with Gasteiger partial charge in [0.15, 0.2) is 5.75 Å². The third-order valence-electron chi connectivity index (χ3n) is 1.44. The Balaban J connectivity index is 2.95. The van der Waals surface area contributed by atoms with Gasteiger partial charge in [-0.25, -0.2) is 0 Å². The maximum absolute atomic E-state index is 2.27. The van der Waals surface area contributed by atoms with E-state index >= 15 is 0 Å². The first-order chi connectivity index (χ1) is 4.31. The van der Waals surface area contributed by atoms with Crippen molar-refractivity contribution in [2.24, 2.45) is 0 Å². The fourth-order valence-corrected chi connectivity index (χ4v) is 1.46. The van der Waals surface area contributed by atoms with Gasteiger partial charge >= 0.3 is 0 Å². The van der Waals surface area contributed by atoms with Crippen LogP contribution in [-0.2, 0) is 11.8 Å². The van der Waals surface area contributed by atoms with Crippen molar-refractivity contribution in [2.75, 3.05) is 32.1 Å². The van der Waals surface area contributed by atoms with Gasteiger partial charge in [0.05, 0.1) is 19.8 Å². The second kappa shape index (κ2) is 6.43. The molecule has 0 fully saturated rings. The summed E-state index contributed by atoms with van der Waals surface area (Å²) in [6.07, 6.45) is 3.53. The first-order valence-electron chi connectivity index (χ1n) is 3.68. The van der Waals surface area contributed by atoms with Gasteiger partial charge in [0, 0.05) is 0 Å². The number of hydrogen-bond acceptors (Lipinski definition) is 0. The Morgan fingerprint density at radius 2 is 2.00 bits per heavy atom. The van der Waals surface area contributed by atoms with Gasteiger partial charge in [0.25, 0.3) is 0 Å². The molecule has 0 rings (SSSR count). The molecular weight excluding hydrogens is 130 g/mol. The van der Waals surface area contributed by atoms with Crippen molar-refractivity contribution < 1.29 is 4.90 Å². The standard InChI is InChI=1S/C7H17NS/c1-4-5-8(2)6-7-9-3/h4-7H2,1-3H3/p+2. The first kappa shape index (κ1) is 9.31. The molecule has 0 aromatic heterocycles. The minimum Gasteiger partial charge on any atom is -0.333 e. The average Bonchev–Trinajstić information content (AvgIpc) is 1.85. The summed E-state index contributed by atoms with van der Waals surface area (Å²) in [6.45, 7) is 4.91. The zero-order chi connectivity index (χ0) is 7.11. The molecule has 0 spiro atoms. The number of thiol groups is 1. The van der Waals surface area contributed by atoms with Crippen molar-refractivity contribution in [3.8, 4) is 0 Å². The van der Waals surface area contributed by atoms with Gasteiger partial charge in [-0.1, -0.05) is 6.92 Å². The smallest absolute Gasteiger partial charge is 0.154 e. The molecule has 1 atom stereocenters. The van der Waals surface area contributed by atoms with Crippen LogP contribution in [0.5, 0.6) is 0 Å². The number of hydrogen-bond donors (Lipinski definition) is 1. The monoisotopic (exact) mass is 149 g/mol. The normalized spacial score (nSPS) is 13.7. The highest BCUT2D eigenvalue weighted by Crippen LogP contribution is 1.63. The summed E-state index contributed by atoms with van der Waals surface area (Å²) in [4.78, 5) is 1.67. The zero-order valence-electron chi connectivity index (χ0n) is 6.78. The predicted molar refractivity (Wildman–Crippen MR) is 46.5 cm³/mol. The van der Waals surface area contributed by atoms with Gasteiger partial charge < -0.3 is 4.90 Å². The molecule has 1 nitrogen and oxygen atoms in total. The maximum Gasteiger partial charge on any atom is 0.154 e. The summed E-state index contributed by atoms with van der Waals surface area (Å²) in [7, 11) is 2.27. The molecule has 0 aliphatic rings. The highest BCUT2D eigenvalue weighted by molar-refractivity contribution is 7.77. The summed E-state index contributed by atoms with van der Waals surface area (Å²) in [5.74, 6) is 1.35. The molecule has 0 aromatic rings. The van der Waals surface area contributed by atoms with Crippen LogP contribution in [0.3, 0.4) is 0 Å². The van der Waals surface area contributed by atoms with Crippen molar-refractivity contribution in [1.82, 2.24) is 0 Å². The lowest BCUT2D eigenvalue weighted by atomic mass is 10.4. The Hall–Kier alpha value is 0.310. The molecule has 0 saturated heterocycles. The molecule has 0 aliphatic heterocycles. The Morgan fingerprint density at radius 1 is 1.33 bits per heavy atom. The van der Waals surface area contributed by atoms with Crippen LogP contribution in [-0.4, -0.2) is 32.1 Å². The van der Waals surface area contributed by atoms with Crippen molar-refractivity contribution in [3.63, 3.8) is 0 Å². The Morgan fingerprint density at radius 3 is 2.44 bits per heavy atom. The van der Waals surface area contributed by atoms with Crippen molar-refractivity contribution in [1.29, 1.82) is 0 Å². The predicted octanol–water partition coefficient (Wildman–Crippen LogP) is -0.644. The van der Waals surface area contributed by atoms with E-state index in [2.05, 4.69) is 20.2 Å². The quantitative estimate of drug-likeness (QED) is 0.392. The van der Waals surface area contributed by atoms with Gasteiger partial charge in [-0.05, 0) is 18.2 Å². The van der Waals surface area contributed by atoms with Crippen LogP contribution < -0.4 is 4.90 Å². The molecule has 0 aliphatic carbocycles. The number of nitrogens with one attached hydrogen (secondary N) is 1. The minimum absolute atomic E-state index is 1.31. The molecule has 0 radical (unpaired) electrons. The van der Waals surface area contributed by atoms with Gasteiger partial charge in [-0.2, -0.15) is 0 Å². The first-order valence-corrected chi connectivity index (χ1v) is 5.20. The van der Waals surface area contributed by atoms with Crippen LogP contribution >= 0.6 is 0 Å². The highest BCUT2D eigenvalue weighted by atomic mass is 32.2. The molecule has 56 valence electrons. The van der Waals surface area contributed by atoms with E-state index in [0.717, 1.165) is 0 Å². The summed E-state index contributed by atoms with van der Waals surface area (Å²) >= 11 is 1.53. The lowest BCUT2D eigenvalue weighted by molar-refractivity contribution is -0.876. The van der Waals surface area contributed by atoms with E-state index < -0.39 is 0 Å². The Labute approximate surface area is 62.8 Å². The van der Waals surface area contributed by atoms with Crippen LogP contribution in [0, 0.1) is 0 Å². The summed E-state index contributed by atoms with van der Waals surface area (Å²) in [5, 5.41) is 0. The summed E-state index contributed by atoms with van der Waals surface area (Å²) in [6, 6.07) is 0. The van der Waals surface area contributed by atoms with E-state index in [9.17, 15) is 0 Å². The fraction of sp³-hybridized carbons (Fsp3) is 1.00. The van der Waals surface area contributed by atoms with Crippen molar-refractivity contribution in [2.45, 2.75) is 13.3 Å². The zero-order valence-corrected chi connectivity index (χ0v) is 7.67. The van der Waals surface area contributed by atoms with Crippen LogP contribution in [0.1, 0.15) is 13.3 Å². The van der Waals surface area contributed by atoms with E-state index in [-0.39, 0.29) is 0 Å². The van der Waals surface area contributed by atoms with E-state index in [1.165, 1.54) is 37.0 Å². The third-order valence-corrected chi connectivity index (χ3v) is 2.11. The molecule has 0 saturated carbocycles. The van der Waals surface area contributed by atoms with Crippen LogP contribution in [0.15, 0.2) is 0 Å². The summed E-state index contributed by atoms with van der Waals surface area (Å²) < 4.78 is 0. The number of rotatable bonds is 5. The maximum atomic E-state index is 2.27. The topological polar surface area (TPSA) is 4.44 Å². The van der Waals surface area contributed by atoms with E-state index in [0.29, 0.717) is 0 Å². The minimum atomic E-state index is 1.31. The van der Waals surface area contributed by atoms with E-state index in [1.807, 2.05) is 0 Å². The molecule has 1 N–H and O–H groups in total. The van der Waals surface area contributed by atoms with Crippen LogP contribution in [0.4, 0.5) is 0 Å². The largest absolute Gasteiger partial charge is 0.333 e. The number of quaternary nitrogens is 1. The lowest BCUT2D eigenvalue weighted by Gasteiger charge is -2.08. The highest BCUT2D eigenvalue weighted by Gasteiger charge is 1.99. The molecule has 9 heavy (non-hydrogen) atoms. The lowest BCUT2D eigenvalue weighted by Crippen LogP contribution is -3.09. The Bertz CT molecular complexity index is 56.9. The van der Waals surface area contributed by atoms with Gasteiger partial charge in [-0.15, -0.1) is 0 Å². The SMILES string of the molecule is CCC[NH+](C)CC[SH+]C. The molecular formula is C7H19NS+2. The Kier molecular flexibility index (Phi) is 6.65. The van der Waals surface area contributed by atoms with Crippen LogP contribution in [0.2, 0.25) is 0 Å². The van der Waals surface area contributed by atoms with E-state index in [1.54, 1.807) is 4.90 Å². The van der Waals surface area contributed by atoms with Crippen molar-refractivity contribution >= 4 is 11.8 Å². The fourth-order valence-electron chi connectivity index (χ4n) is 0.854. The van der Waals surface area contributed by atoms with Gasteiger partial charge in [0.2, 0.25) is 0 Å². The molecule has 0 bridgehead atoms. The molecule has 0 aromatic carbocycles. The third kappa shape index (κ3) is 6.19.